The molecule has 4 heterocycles. The third kappa shape index (κ3) is 5.37. The summed E-state index contributed by atoms with van der Waals surface area (Å²) in [5.74, 6) is -52.8. The molecule has 0 amide bonds. The smallest absolute Gasteiger partial charge is 0.368 e. The predicted octanol–water partition coefficient (Wildman–Crippen LogP) is 6.41. The number of fused-ring (bicyclic) bond motifs is 3. The number of imidazole rings is 1. The molecule has 29 heteroatoms. The highest BCUT2D eigenvalue weighted by Crippen LogP contribution is 2.64. The van der Waals surface area contributed by atoms with Crippen LogP contribution < -0.4 is 5.32 Å². The molecule has 286 valence electrons. The summed E-state index contributed by atoms with van der Waals surface area (Å²) in [6, 6.07) is -7.01. The second kappa shape index (κ2) is 11.6. The van der Waals surface area contributed by atoms with E-state index < -0.39 is 96.6 Å². The van der Waals surface area contributed by atoms with Crippen LogP contribution in [0.5, 0.6) is 0 Å². The number of phosphoric ester groups is 1. The van der Waals surface area contributed by atoms with E-state index >= 15 is 0 Å². The molecular weight excluding hydrogens is 772 g/mol. The Balaban J connectivity index is 1.70. The topological polar surface area (TPSA) is 130 Å². The molecule has 50 heavy (non-hydrogen) atoms. The Labute approximate surface area is 264 Å². The minimum absolute atomic E-state index is 0.00176. The van der Waals surface area contributed by atoms with Gasteiger partial charge in [-0.15, -0.1) is 0 Å². The van der Waals surface area contributed by atoms with E-state index in [1.165, 1.54) is 6.92 Å². The number of alkyl halides is 17. The molecule has 2 aliphatic heterocycles. The van der Waals surface area contributed by atoms with Gasteiger partial charge in [0.05, 0.1) is 12.9 Å². The molecule has 2 unspecified atom stereocenters. The van der Waals surface area contributed by atoms with Gasteiger partial charge in [-0.3, -0.25) is 13.6 Å². The summed E-state index contributed by atoms with van der Waals surface area (Å²) in [5, 5.41) is 0.161. The van der Waals surface area contributed by atoms with Gasteiger partial charge in [0.1, 0.15) is 24.1 Å². The standard InChI is InChI=1S/C21H17F17N5O6P/c1-3-13-4-47-8(9(13)49-50(44,45)46-2)12(48-13)43-6-41-7-10(39-5-40-11(7)43)42-21(37,38)19(32,33)17(28,29)15(24,25)14(22,23)16(26,27)18(30,31)20(34,35)36/h5-6,8-9,12H,3-4H2,1-2H3,(H,44,45)(H,39,40,42)/t8-,9?,12+,13+/m0/s1. The summed E-state index contributed by atoms with van der Waals surface area (Å²) in [5.41, 5.74) is -3.41. The zero-order valence-electron chi connectivity index (χ0n) is 24.0. The van der Waals surface area contributed by atoms with Crippen molar-refractivity contribution >= 4 is 24.8 Å². The lowest BCUT2D eigenvalue weighted by atomic mass is 9.90. The Morgan fingerprint density at radius 3 is 1.90 bits per heavy atom. The number of phosphoric acid groups is 1. The molecule has 2 saturated heterocycles. The van der Waals surface area contributed by atoms with Gasteiger partial charge in [0.25, 0.3) is 0 Å². The monoisotopic (exact) mass is 789 g/mol. The van der Waals surface area contributed by atoms with E-state index in [0.29, 0.717) is 6.33 Å². The van der Waals surface area contributed by atoms with E-state index in [9.17, 15) is 84.1 Å². The molecule has 2 fully saturated rings. The average molecular weight is 789 g/mol. The first-order valence-electron chi connectivity index (χ1n) is 12.9. The van der Waals surface area contributed by atoms with Crippen LogP contribution >= 0.6 is 7.82 Å². The summed E-state index contributed by atoms with van der Waals surface area (Å²) in [6.45, 7) is 1.22. The van der Waals surface area contributed by atoms with Crippen molar-refractivity contribution in [2.45, 2.75) is 85.1 Å². The number of hydrogen-bond donors (Lipinski definition) is 2. The quantitative estimate of drug-likeness (QED) is 0.133. The second-order valence-electron chi connectivity index (χ2n) is 10.6. The van der Waals surface area contributed by atoms with Gasteiger partial charge in [0.2, 0.25) is 0 Å². The van der Waals surface area contributed by atoms with Gasteiger partial charge in [0, 0.05) is 7.11 Å². The molecule has 0 saturated carbocycles. The van der Waals surface area contributed by atoms with E-state index in [1.807, 2.05) is 0 Å². The minimum atomic E-state index is -8.78. The molecule has 0 spiro atoms. The highest BCUT2D eigenvalue weighted by molar-refractivity contribution is 7.47. The Morgan fingerprint density at radius 1 is 0.880 bits per heavy atom. The fraction of sp³-hybridized carbons (Fsp3) is 0.762. The van der Waals surface area contributed by atoms with Crippen molar-refractivity contribution in [1.29, 1.82) is 0 Å². The number of hydrogen-bond acceptors (Lipinski definition) is 9. The van der Waals surface area contributed by atoms with Gasteiger partial charge < -0.3 is 19.7 Å². The van der Waals surface area contributed by atoms with Crippen LogP contribution in [0, 0.1) is 0 Å². The van der Waals surface area contributed by atoms with E-state index in [1.54, 1.807) is 0 Å². The number of nitrogens with one attached hydrogen (secondary N) is 1. The van der Waals surface area contributed by atoms with Crippen LogP contribution in [0.2, 0.25) is 0 Å². The fourth-order valence-corrected chi connectivity index (χ4v) is 5.50. The third-order valence-corrected chi connectivity index (χ3v) is 8.63. The Hall–Kier alpha value is -2.81. The maximum Gasteiger partial charge on any atom is 0.472 e. The van der Waals surface area contributed by atoms with E-state index in [2.05, 4.69) is 19.5 Å². The van der Waals surface area contributed by atoms with Crippen molar-refractivity contribution in [1.82, 2.24) is 19.5 Å². The maximum atomic E-state index is 14.7. The van der Waals surface area contributed by atoms with Crippen LogP contribution in [0.25, 0.3) is 11.2 Å². The lowest BCUT2D eigenvalue weighted by Crippen LogP contribution is -2.75. The molecule has 5 atom stereocenters. The van der Waals surface area contributed by atoms with E-state index in [0.717, 1.165) is 11.7 Å². The van der Waals surface area contributed by atoms with Crippen LogP contribution in [0.15, 0.2) is 12.7 Å². The van der Waals surface area contributed by atoms with Crippen molar-refractivity contribution in [3.05, 3.63) is 12.7 Å². The van der Waals surface area contributed by atoms with E-state index in [-0.39, 0.29) is 24.7 Å². The normalized spacial score (nSPS) is 25.7. The second-order valence-corrected chi connectivity index (χ2v) is 12.1. The van der Waals surface area contributed by atoms with Gasteiger partial charge in [0.15, 0.2) is 23.2 Å². The van der Waals surface area contributed by atoms with Gasteiger partial charge >= 0.3 is 55.6 Å². The maximum absolute atomic E-state index is 14.7. The number of aromatic nitrogens is 4. The molecule has 0 aromatic carbocycles. The van der Waals surface area contributed by atoms with Gasteiger partial charge in [-0.25, -0.2) is 19.5 Å². The van der Waals surface area contributed by atoms with Gasteiger partial charge in [-0.05, 0) is 6.42 Å². The minimum Gasteiger partial charge on any atom is -0.368 e. The molecule has 2 aromatic rings. The van der Waals surface area contributed by atoms with Crippen LogP contribution in [0.4, 0.5) is 80.5 Å². The molecule has 2 aliphatic rings. The number of anilines is 1. The lowest BCUT2D eigenvalue weighted by molar-refractivity contribution is -0.460. The zero-order valence-corrected chi connectivity index (χ0v) is 24.8. The number of ether oxygens (including phenoxy) is 2. The van der Waals surface area contributed by atoms with Crippen LogP contribution in [-0.2, 0) is 23.1 Å². The summed E-state index contributed by atoms with van der Waals surface area (Å²) in [6.07, 6.45) is -11.3. The first-order chi connectivity index (χ1) is 22.3. The summed E-state index contributed by atoms with van der Waals surface area (Å²) < 4.78 is 266. The van der Waals surface area contributed by atoms with Crippen molar-refractivity contribution < 1.29 is 103 Å². The number of rotatable bonds is 13. The fourth-order valence-electron chi connectivity index (χ4n) is 4.81. The van der Waals surface area contributed by atoms with Crippen molar-refractivity contribution in [3.8, 4) is 0 Å². The van der Waals surface area contributed by atoms with Crippen molar-refractivity contribution in [2.75, 3.05) is 19.0 Å². The van der Waals surface area contributed by atoms with Gasteiger partial charge in [-0.1, -0.05) is 6.92 Å². The molecule has 2 N–H and O–H groups in total. The Bertz CT molecular complexity index is 1660. The van der Waals surface area contributed by atoms with Crippen LogP contribution in [0.1, 0.15) is 19.6 Å². The highest BCUT2D eigenvalue weighted by atomic mass is 31.2. The molecule has 2 bridgehead atoms. The molecule has 0 radical (unpaired) electrons. The third-order valence-electron chi connectivity index (χ3n) is 7.68. The molecule has 0 aliphatic carbocycles. The predicted molar refractivity (Wildman–Crippen MR) is 124 cm³/mol. The average Bonchev–Trinajstić information content (AvgIpc) is 3.66. The zero-order chi connectivity index (χ0) is 38.5. The van der Waals surface area contributed by atoms with Crippen molar-refractivity contribution in [3.63, 3.8) is 0 Å². The Morgan fingerprint density at radius 2 is 1.40 bits per heavy atom. The molecule has 4 rings (SSSR count). The molecule has 2 aromatic heterocycles. The summed E-state index contributed by atoms with van der Waals surface area (Å²) in [7, 11) is -3.94. The lowest BCUT2D eigenvalue weighted by Gasteiger charge is -2.42. The van der Waals surface area contributed by atoms with E-state index in [4.69, 9.17) is 14.0 Å². The largest absolute Gasteiger partial charge is 0.472 e. The molecule has 11 nitrogen and oxygen atoms in total. The SMILES string of the molecule is CC[C@@]12CO[C@@H](C1OP(=O)(O)OC)[C@H](n1cnc3c(NC(F)(F)C(F)(F)C(F)(F)C(F)(F)C(F)(F)C(F)(F)C(F)(F)C(F)(F)F)ncnc31)O2. The Kier molecular flexibility index (Phi) is 9.27. The first-order valence-corrected chi connectivity index (χ1v) is 14.4. The number of nitrogens with zero attached hydrogens (tertiary/aromatic N) is 4. The number of halogens is 17. The van der Waals surface area contributed by atoms with Crippen LogP contribution in [0.3, 0.4) is 0 Å². The summed E-state index contributed by atoms with van der Waals surface area (Å²) >= 11 is 0. The first kappa shape index (κ1) is 40.0. The van der Waals surface area contributed by atoms with Gasteiger partial charge in [-0.2, -0.15) is 74.6 Å². The molecular formula is C21H17F17N5O6P. The van der Waals surface area contributed by atoms with Crippen molar-refractivity contribution in [2.24, 2.45) is 0 Å². The van der Waals surface area contributed by atoms with Crippen LogP contribution in [-0.4, -0.2) is 104 Å². The summed E-state index contributed by atoms with van der Waals surface area (Å²) in [4.78, 5) is 19.8. The highest BCUT2D eigenvalue weighted by Gasteiger charge is 2.95.